The quantitative estimate of drug-likeness (QED) is 0.0523. The second-order valence-corrected chi connectivity index (χ2v) is 17.2. The van der Waals surface area contributed by atoms with Gasteiger partial charge in [-0.15, -0.1) is 0 Å². The molecule has 0 spiro atoms. The first-order valence-electron chi connectivity index (χ1n) is 21.2. The lowest BCUT2D eigenvalue weighted by Crippen LogP contribution is -2.62. The second kappa shape index (κ2) is 27.1. The Morgan fingerprint density at radius 3 is 1.33 bits per heavy atom. The largest absolute Gasteiger partial charge is 0.462 e. The molecule has 1 fully saturated rings. The number of piperidine rings is 1. The zero-order valence-corrected chi connectivity index (χ0v) is 33.9. The predicted molar refractivity (Wildman–Crippen MR) is 206 cm³/mol. The number of rotatable bonds is 32. The molecule has 0 atom stereocenters. The summed E-state index contributed by atoms with van der Waals surface area (Å²) in [4.78, 5) is 19.3. The van der Waals surface area contributed by atoms with Crippen molar-refractivity contribution in [2.24, 2.45) is 0 Å². The number of ether oxygens (including phenoxy) is 2. The van der Waals surface area contributed by atoms with Crippen molar-refractivity contribution in [3.8, 4) is 0 Å². The summed E-state index contributed by atoms with van der Waals surface area (Å²) in [6.07, 6.45) is 35.5. The molecule has 0 unspecified atom stereocenters. The molecule has 0 aromatic carbocycles. The molecule has 1 rings (SSSR count). The van der Waals surface area contributed by atoms with E-state index in [0.717, 1.165) is 38.7 Å². The van der Waals surface area contributed by atoms with Crippen molar-refractivity contribution in [2.45, 2.75) is 258 Å². The maximum Gasteiger partial charge on any atom is 0.306 e. The SMILES string of the molecule is CCCCCCCCCCCCCCCCCCCCCC(=O)OC1CC(C)(C)N(OCC(C)(C)OCCCCCCCC)C(C)(C)C1. The van der Waals surface area contributed by atoms with E-state index < -0.39 is 0 Å². The molecule has 0 aromatic heterocycles. The third kappa shape index (κ3) is 22.9. The van der Waals surface area contributed by atoms with Gasteiger partial charge in [-0.3, -0.25) is 9.63 Å². The zero-order valence-electron chi connectivity index (χ0n) is 33.9. The van der Waals surface area contributed by atoms with E-state index in [-0.39, 0.29) is 28.8 Å². The predicted octanol–water partition coefficient (Wildman–Crippen LogP) is 13.5. The lowest BCUT2D eigenvalue weighted by Gasteiger charge is -2.53. The number of hydrogen-bond donors (Lipinski definition) is 0. The van der Waals surface area contributed by atoms with Gasteiger partial charge in [0, 0.05) is 36.9 Å². The van der Waals surface area contributed by atoms with Gasteiger partial charge in [0.05, 0.1) is 12.2 Å². The Morgan fingerprint density at radius 1 is 0.583 bits per heavy atom. The Hall–Kier alpha value is -0.650. The van der Waals surface area contributed by atoms with Crippen LogP contribution in [0.2, 0.25) is 0 Å². The van der Waals surface area contributed by atoms with Crippen molar-refractivity contribution in [2.75, 3.05) is 13.2 Å². The van der Waals surface area contributed by atoms with Gasteiger partial charge in [-0.05, 0) is 54.4 Å². The Labute approximate surface area is 300 Å². The minimum absolute atomic E-state index is 0.0304. The van der Waals surface area contributed by atoms with Crippen LogP contribution in [0.25, 0.3) is 0 Å². The number of hydroxylamine groups is 2. The molecule has 0 amide bonds. The molecule has 1 heterocycles. The maximum atomic E-state index is 12.8. The van der Waals surface area contributed by atoms with Gasteiger partial charge >= 0.3 is 5.97 Å². The number of esters is 1. The molecule has 0 saturated carbocycles. The number of carbonyl (C=O) groups excluding carboxylic acids is 1. The van der Waals surface area contributed by atoms with Gasteiger partial charge in [0.25, 0.3) is 0 Å². The van der Waals surface area contributed by atoms with Gasteiger partial charge in [-0.1, -0.05) is 162 Å². The molecular formula is C43H85NO4. The molecule has 48 heavy (non-hydrogen) atoms. The molecule has 0 aromatic rings. The van der Waals surface area contributed by atoms with E-state index in [0.29, 0.717) is 13.0 Å². The highest BCUT2D eigenvalue weighted by Gasteiger charge is 2.48. The van der Waals surface area contributed by atoms with E-state index in [1.165, 1.54) is 141 Å². The smallest absolute Gasteiger partial charge is 0.306 e. The molecule has 1 saturated heterocycles. The minimum atomic E-state index is -0.342. The van der Waals surface area contributed by atoms with Crippen molar-refractivity contribution in [3.63, 3.8) is 0 Å². The van der Waals surface area contributed by atoms with Crippen LogP contribution in [-0.2, 0) is 19.1 Å². The fraction of sp³-hybridized carbons (Fsp3) is 0.977. The summed E-state index contributed by atoms with van der Waals surface area (Å²) in [6.45, 7) is 18.9. The van der Waals surface area contributed by atoms with E-state index in [1.807, 2.05) is 0 Å². The number of unbranched alkanes of at least 4 members (excludes halogenated alkanes) is 23. The summed E-state index contributed by atoms with van der Waals surface area (Å²) in [5.74, 6) is -0.0304. The van der Waals surface area contributed by atoms with Crippen molar-refractivity contribution >= 4 is 5.97 Å². The van der Waals surface area contributed by atoms with E-state index in [1.54, 1.807) is 0 Å². The summed E-state index contributed by atoms with van der Waals surface area (Å²) in [5.41, 5.74) is -0.824. The molecule has 0 aliphatic carbocycles. The molecular weight excluding hydrogens is 594 g/mol. The second-order valence-electron chi connectivity index (χ2n) is 17.2. The highest BCUT2D eigenvalue weighted by Crippen LogP contribution is 2.40. The first kappa shape index (κ1) is 45.4. The average molecular weight is 680 g/mol. The fourth-order valence-corrected chi connectivity index (χ4v) is 7.69. The third-order valence-corrected chi connectivity index (χ3v) is 10.4. The highest BCUT2D eigenvalue weighted by atomic mass is 16.7. The molecule has 0 radical (unpaired) electrons. The van der Waals surface area contributed by atoms with Crippen LogP contribution < -0.4 is 0 Å². The summed E-state index contributed by atoms with van der Waals surface area (Å²) < 4.78 is 12.3. The molecule has 0 bridgehead atoms. The van der Waals surface area contributed by atoms with Gasteiger partial charge < -0.3 is 9.47 Å². The van der Waals surface area contributed by atoms with Crippen LogP contribution in [0.15, 0.2) is 0 Å². The van der Waals surface area contributed by atoms with E-state index >= 15 is 0 Å². The normalized spacial score (nSPS) is 16.8. The molecule has 5 nitrogen and oxygen atoms in total. The number of nitrogens with zero attached hydrogens (tertiary/aromatic N) is 1. The van der Waals surface area contributed by atoms with Gasteiger partial charge in [0.15, 0.2) is 0 Å². The van der Waals surface area contributed by atoms with Crippen LogP contribution in [0.1, 0.15) is 235 Å². The average Bonchev–Trinajstić information content (AvgIpc) is 3.00. The van der Waals surface area contributed by atoms with Crippen molar-refractivity contribution < 1.29 is 19.1 Å². The van der Waals surface area contributed by atoms with Crippen LogP contribution in [0.4, 0.5) is 0 Å². The zero-order chi connectivity index (χ0) is 35.6. The van der Waals surface area contributed by atoms with Crippen LogP contribution >= 0.6 is 0 Å². The highest BCUT2D eigenvalue weighted by molar-refractivity contribution is 5.69. The Morgan fingerprint density at radius 2 is 0.938 bits per heavy atom. The minimum Gasteiger partial charge on any atom is -0.462 e. The first-order chi connectivity index (χ1) is 22.9. The molecule has 286 valence electrons. The summed E-state index contributed by atoms with van der Waals surface area (Å²) in [7, 11) is 0. The molecule has 1 aliphatic rings. The van der Waals surface area contributed by atoms with Crippen LogP contribution in [0, 0.1) is 0 Å². The monoisotopic (exact) mass is 680 g/mol. The third-order valence-electron chi connectivity index (χ3n) is 10.4. The summed E-state index contributed by atoms with van der Waals surface area (Å²) >= 11 is 0. The van der Waals surface area contributed by atoms with Gasteiger partial charge in [0.1, 0.15) is 6.10 Å². The number of hydrogen-bond acceptors (Lipinski definition) is 5. The first-order valence-corrected chi connectivity index (χ1v) is 21.2. The molecule has 0 N–H and O–H groups in total. The van der Waals surface area contributed by atoms with Crippen molar-refractivity contribution in [1.82, 2.24) is 5.06 Å². The van der Waals surface area contributed by atoms with E-state index in [2.05, 4.69) is 60.5 Å². The lowest BCUT2D eigenvalue weighted by atomic mass is 9.80. The fourth-order valence-electron chi connectivity index (χ4n) is 7.69. The standard InChI is InChI=1S/C43H85NO4/c1-9-11-13-15-17-18-19-20-21-22-23-24-25-26-27-28-29-30-32-34-40(45)48-39-36-41(3,4)44(42(5,6)37-39)47-38-43(7,8)46-35-33-31-16-14-12-10-2/h39H,9-38H2,1-8H3. The van der Waals surface area contributed by atoms with Crippen molar-refractivity contribution in [3.05, 3.63) is 0 Å². The van der Waals surface area contributed by atoms with E-state index in [9.17, 15) is 4.79 Å². The van der Waals surface area contributed by atoms with Gasteiger partial charge in [-0.25, -0.2) is 0 Å². The summed E-state index contributed by atoms with van der Waals surface area (Å²) in [5, 5.41) is 2.15. The Kier molecular flexibility index (Phi) is 25.6. The van der Waals surface area contributed by atoms with Gasteiger partial charge in [-0.2, -0.15) is 5.06 Å². The lowest BCUT2D eigenvalue weighted by molar-refractivity contribution is -0.309. The topological polar surface area (TPSA) is 48.0 Å². The molecule has 1 aliphatic heterocycles. The Bertz CT molecular complexity index is 746. The Balaban J connectivity index is 2.12. The van der Waals surface area contributed by atoms with Gasteiger partial charge in [0.2, 0.25) is 0 Å². The van der Waals surface area contributed by atoms with Crippen LogP contribution in [-0.4, -0.2) is 47.0 Å². The molecule has 5 heteroatoms. The van der Waals surface area contributed by atoms with E-state index in [4.69, 9.17) is 14.3 Å². The summed E-state index contributed by atoms with van der Waals surface area (Å²) in [6, 6.07) is 0. The van der Waals surface area contributed by atoms with Crippen LogP contribution in [0.3, 0.4) is 0 Å². The van der Waals surface area contributed by atoms with Crippen molar-refractivity contribution in [1.29, 1.82) is 0 Å². The number of carbonyl (C=O) groups is 1. The maximum absolute atomic E-state index is 12.8. The van der Waals surface area contributed by atoms with Crippen LogP contribution in [0.5, 0.6) is 0 Å².